The predicted octanol–water partition coefficient (Wildman–Crippen LogP) is 2.61. The Labute approximate surface area is 109 Å². The zero-order valence-electron chi connectivity index (χ0n) is 10.9. The summed E-state index contributed by atoms with van der Waals surface area (Å²) in [5.74, 6) is 0.860. The molecule has 4 heteroatoms. The van der Waals surface area contributed by atoms with Crippen LogP contribution in [0.3, 0.4) is 0 Å². The fourth-order valence-electron chi connectivity index (χ4n) is 1.70. The molecule has 0 amide bonds. The first-order valence-corrected chi connectivity index (χ1v) is 6.20. The van der Waals surface area contributed by atoms with E-state index in [-0.39, 0.29) is 6.04 Å². The van der Waals surface area contributed by atoms with Gasteiger partial charge in [0.25, 0.3) is 0 Å². The number of methoxy groups -OCH3 is 1. The van der Waals surface area contributed by atoms with Crippen LogP contribution >= 0.6 is 11.6 Å². The molecule has 3 nitrogen and oxygen atoms in total. The maximum absolute atomic E-state index is 6.03. The molecule has 0 aliphatic rings. The quantitative estimate of drug-likeness (QED) is 0.821. The van der Waals surface area contributed by atoms with Gasteiger partial charge in [0.2, 0.25) is 0 Å². The van der Waals surface area contributed by atoms with E-state index >= 15 is 0 Å². The lowest BCUT2D eigenvalue weighted by Gasteiger charge is -2.21. The van der Waals surface area contributed by atoms with E-state index in [1.54, 1.807) is 7.11 Å². The van der Waals surface area contributed by atoms with Crippen LogP contribution in [-0.2, 0) is 0 Å². The number of halogens is 1. The molecule has 0 aliphatic heterocycles. The third-order valence-electron chi connectivity index (χ3n) is 2.65. The van der Waals surface area contributed by atoms with Crippen molar-refractivity contribution in [2.24, 2.45) is 0 Å². The van der Waals surface area contributed by atoms with E-state index < -0.39 is 0 Å². The summed E-state index contributed by atoms with van der Waals surface area (Å²) in [6.45, 7) is 5.09. The maximum atomic E-state index is 6.03. The van der Waals surface area contributed by atoms with E-state index in [2.05, 4.69) is 24.5 Å². The number of likely N-dealkylation sites (N-methyl/N-ethyl adjacent to an activating group) is 1. The predicted molar refractivity (Wildman–Crippen MR) is 72.9 cm³/mol. The monoisotopic (exact) mass is 256 g/mol. The average Bonchev–Trinajstić information content (AvgIpc) is 2.30. The topological polar surface area (TPSA) is 33.3 Å². The van der Waals surface area contributed by atoms with Crippen LogP contribution in [0.4, 0.5) is 0 Å². The van der Waals surface area contributed by atoms with E-state index in [0.717, 1.165) is 22.9 Å². The molecule has 0 aromatic heterocycles. The van der Waals surface area contributed by atoms with Gasteiger partial charge in [-0.1, -0.05) is 25.4 Å². The number of hydrogen-bond acceptors (Lipinski definition) is 3. The molecular weight excluding hydrogens is 236 g/mol. The van der Waals surface area contributed by atoms with Crippen LogP contribution in [0.2, 0.25) is 5.02 Å². The van der Waals surface area contributed by atoms with Crippen molar-refractivity contribution < 1.29 is 4.74 Å². The Hall–Kier alpha value is -0.770. The highest BCUT2D eigenvalue weighted by atomic mass is 35.5. The summed E-state index contributed by atoms with van der Waals surface area (Å²) in [6, 6.07) is 6.33. The summed E-state index contributed by atoms with van der Waals surface area (Å²) in [5, 5.41) is 7.41. The fraction of sp³-hybridized carbons (Fsp3) is 0.538. The summed E-state index contributed by atoms with van der Waals surface area (Å²) >= 11 is 6.03. The van der Waals surface area contributed by atoms with Crippen molar-refractivity contribution in [3.05, 3.63) is 28.8 Å². The van der Waals surface area contributed by atoms with Gasteiger partial charge < -0.3 is 15.4 Å². The second kappa shape index (κ2) is 6.84. The highest BCUT2D eigenvalue weighted by molar-refractivity contribution is 6.30. The van der Waals surface area contributed by atoms with Gasteiger partial charge in [0, 0.05) is 29.2 Å². The lowest BCUT2D eigenvalue weighted by molar-refractivity contribution is 0.396. The minimum Gasteiger partial charge on any atom is -0.496 e. The van der Waals surface area contributed by atoms with Gasteiger partial charge in [0.15, 0.2) is 0 Å². The molecule has 0 radical (unpaired) electrons. The van der Waals surface area contributed by atoms with Crippen LogP contribution in [0.1, 0.15) is 25.5 Å². The van der Waals surface area contributed by atoms with Crippen LogP contribution in [-0.4, -0.2) is 26.7 Å². The van der Waals surface area contributed by atoms with Crippen molar-refractivity contribution >= 4 is 11.6 Å². The molecule has 0 heterocycles. The zero-order chi connectivity index (χ0) is 12.8. The summed E-state index contributed by atoms with van der Waals surface area (Å²) in [5.41, 5.74) is 1.08. The van der Waals surface area contributed by atoms with Gasteiger partial charge in [0.05, 0.1) is 7.11 Å². The largest absolute Gasteiger partial charge is 0.496 e. The molecule has 0 bridgehead atoms. The summed E-state index contributed by atoms with van der Waals surface area (Å²) in [4.78, 5) is 0. The van der Waals surface area contributed by atoms with E-state index in [9.17, 15) is 0 Å². The standard InChI is InChI=1S/C13H21ClN2O/c1-9(2)16-8-12(15-3)11-7-10(14)5-6-13(11)17-4/h5-7,9,12,15-16H,8H2,1-4H3. The molecule has 0 spiro atoms. The van der Waals surface area contributed by atoms with Gasteiger partial charge in [-0.2, -0.15) is 0 Å². The van der Waals surface area contributed by atoms with Crippen LogP contribution in [0.25, 0.3) is 0 Å². The smallest absolute Gasteiger partial charge is 0.123 e. The van der Waals surface area contributed by atoms with Crippen molar-refractivity contribution in [2.75, 3.05) is 20.7 Å². The van der Waals surface area contributed by atoms with Crippen molar-refractivity contribution in [3.8, 4) is 5.75 Å². The molecule has 2 N–H and O–H groups in total. The molecule has 0 saturated heterocycles. The highest BCUT2D eigenvalue weighted by Gasteiger charge is 2.15. The molecule has 17 heavy (non-hydrogen) atoms. The molecule has 0 saturated carbocycles. The lowest BCUT2D eigenvalue weighted by atomic mass is 10.1. The molecule has 1 rings (SSSR count). The molecule has 0 fully saturated rings. The molecule has 0 aliphatic carbocycles. The minimum atomic E-state index is 0.186. The van der Waals surface area contributed by atoms with Crippen LogP contribution in [0.15, 0.2) is 18.2 Å². The van der Waals surface area contributed by atoms with Crippen LogP contribution < -0.4 is 15.4 Å². The summed E-state index contributed by atoms with van der Waals surface area (Å²) in [7, 11) is 3.61. The third-order valence-corrected chi connectivity index (χ3v) is 2.88. The first kappa shape index (κ1) is 14.3. The SMILES string of the molecule is CNC(CNC(C)C)c1cc(Cl)ccc1OC. The molecule has 1 aromatic rings. The minimum absolute atomic E-state index is 0.186. The Morgan fingerprint density at radius 3 is 2.59 bits per heavy atom. The Bertz CT molecular complexity index is 355. The van der Waals surface area contributed by atoms with Gasteiger partial charge in [-0.15, -0.1) is 0 Å². The lowest BCUT2D eigenvalue weighted by Crippen LogP contribution is -2.33. The normalized spacial score (nSPS) is 12.8. The average molecular weight is 257 g/mol. The molecule has 1 aromatic carbocycles. The van der Waals surface area contributed by atoms with Gasteiger partial charge >= 0.3 is 0 Å². The number of nitrogens with one attached hydrogen (secondary N) is 2. The zero-order valence-corrected chi connectivity index (χ0v) is 11.6. The molecule has 1 atom stereocenters. The van der Waals surface area contributed by atoms with Crippen molar-refractivity contribution in [2.45, 2.75) is 25.9 Å². The Morgan fingerprint density at radius 2 is 2.06 bits per heavy atom. The van der Waals surface area contributed by atoms with Gasteiger partial charge in [-0.3, -0.25) is 0 Å². The Balaban J connectivity index is 2.89. The van der Waals surface area contributed by atoms with E-state index in [4.69, 9.17) is 16.3 Å². The first-order valence-electron chi connectivity index (χ1n) is 5.82. The summed E-state index contributed by atoms with van der Waals surface area (Å²) < 4.78 is 5.36. The Kier molecular flexibility index (Phi) is 5.75. The van der Waals surface area contributed by atoms with Crippen LogP contribution in [0.5, 0.6) is 5.75 Å². The fourth-order valence-corrected chi connectivity index (χ4v) is 1.88. The molecule has 96 valence electrons. The van der Waals surface area contributed by atoms with E-state index in [1.165, 1.54) is 0 Å². The molecular formula is C13H21ClN2O. The maximum Gasteiger partial charge on any atom is 0.123 e. The number of benzene rings is 1. The molecule has 1 unspecified atom stereocenters. The number of rotatable bonds is 6. The number of ether oxygens (including phenoxy) is 1. The van der Waals surface area contributed by atoms with Crippen molar-refractivity contribution in [1.29, 1.82) is 0 Å². The van der Waals surface area contributed by atoms with Gasteiger partial charge in [-0.05, 0) is 25.2 Å². The second-order valence-corrected chi connectivity index (χ2v) is 4.73. The van der Waals surface area contributed by atoms with Gasteiger partial charge in [-0.25, -0.2) is 0 Å². The van der Waals surface area contributed by atoms with E-state index in [0.29, 0.717) is 6.04 Å². The van der Waals surface area contributed by atoms with Gasteiger partial charge in [0.1, 0.15) is 5.75 Å². The summed E-state index contributed by atoms with van der Waals surface area (Å²) in [6.07, 6.45) is 0. The third kappa shape index (κ3) is 4.19. The van der Waals surface area contributed by atoms with Crippen molar-refractivity contribution in [1.82, 2.24) is 10.6 Å². The van der Waals surface area contributed by atoms with E-state index in [1.807, 2.05) is 25.2 Å². The number of hydrogen-bond donors (Lipinski definition) is 2. The highest BCUT2D eigenvalue weighted by Crippen LogP contribution is 2.27. The van der Waals surface area contributed by atoms with Crippen molar-refractivity contribution in [3.63, 3.8) is 0 Å². The Morgan fingerprint density at radius 1 is 1.35 bits per heavy atom. The second-order valence-electron chi connectivity index (χ2n) is 4.29. The first-order chi connectivity index (χ1) is 8.08. The van der Waals surface area contributed by atoms with Crippen LogP contribution in [0, 0.1) is 0 Å².